The summed E-state index contributed by atoms with van der Waals surface area (Å²) in [5.41, 5.74) is 6.45. The molecule has 0 aliphatic heterocycles. The lowest BCUT2D eigenvalue weighted by molar-refractivity contribution is 0.439. The standard InChI is InChI=1S/C12H14N2O/c1-12(2,9-6-4-3-5-7-9)10-8-14-11(13)15-10/h3-8H,1-2H3,(H2,13,14). The normalized spacial score (nSPS) is 11.6. The van der Waals surface area contributed by atoms with Crippen LogP contribution in [0.25, 0.3) is 0 Å². The highest BCUT2D eigenvalue weighted by molar-refractivity contribution is 5.32. The zero-order chi connectivity index (χ0) is 10.9. The third-order valence-corrected chi connectivity index (χ3v) is 2.64. The van der Waals surface area contributed by atoms with Gasteiger partial charge in [-0.05, 0) is 19.4 Å². The van der Waals surface area contributed by atoms with E-state index in [1.165, 1.54) is 5.56 Å². The monoisotopic (exact) mass is 202 g/mol. The molecule has 1 heterocycles. The van der Waals surface area contributed by atoms with Gasteiger partial charge in [-0.15, -0.1) is 0 Å². The fourth-order valence-corrected chi connectivity index (χ4v) is 1.57. The van der Waals surface area contributed by atoms with Crippen LogP contribution in [0.5, 0.6) is 0 Å². The third-order valence-electron chi connectivity index (χ3n) is 2.64. The van der Waals surface area contributed by atoms with Crippen molar-refractivity contribution in [2.75, 3.05) is 5.73 Å². The largest absolute Gasteiger partial charge is 0.428 e. The lowest BCUT2D eigenvalue weighted by Gasteiger charge is -2.21. The van der Waals surface area contributed by atoms with Gasteiger partial charge in [0.15, 0.2) is 0 Å². The molecule has 0 saturated carbocycles. The minimum absolute atomic E-state index is 0.203. The molecule has 1 aromatic heterocycles. The SMILES string of the molecule is CC(C)(c1ccccc1)c1cnc(N)o1. The second-order valence-corrected chi connectivity index (χ2v) is 4.05. The maximum absolute atomic E-state index is 5.48. The fraction of sp³-hybridized carbons (Fsp3) is 0.250. The molecule has 1 aromatic carbocycles. The summed E-state index contributed by atoms with van der Waals surface area (Å²) in [7, 11) is 0. The van der Waals surface area contributed by atoms with Crippen molar-refractivity contribution in [3.8, 4) is 0 Å². The number of benzene rings is 1. The molecule has 0 saturated heterocycles. The number of hydrogen-bond acceptors (Lipinski definition) is 3. The van der Waals surface area contributed by atoms with Gasteiger partial charge >= 0.3 is 0 Å². The van der Waals surface area contributed by atoms with Gasteiger partial charge in [0, 0.05) is 5.41 Å². The summed E-state index contributed by atoms with van der Waals surface area (Å²) < 4.78 is 5.37. The molecule has 0 spiro atoms. The molecule has 0 unspecified atom stereocenters. The van der Waals surface area contributed by atoms with E-state index in [9.17, 15) is 0 Å². The molecule has 0 fully saturated rings. The highest BCUT2D eigenvalue weighted by atomic mass is 16.4. The highest BCUT2D eigenvalue weighted by Crippen LogP contribution is 2.31. The van der Waals surface area contributed by atoms with Gasteiger partial charge in [0.05, 0.1) is 6.20 Å². The van der Waals surface area contributed by atoms with Crippen molar-refractivity contribution >= 4 is 6.01 Å². The van der Waals surface area contributed by atoms with Gasteiger partial charge in [-0.2, -0.15) is 0 Å². The molecule has 15 heavy (non-hydrogen) atoms. The number of nitrogens with two attached hydrogens (primary N) is 1. The minimum atomic E-state index is -0.203. The number of rotatable bonds is 2. The molecule has 3 nitrogen and oxygen atoms in total. The first kappa shape index (κ1) is 9.77. The van der Waals surface area contributed by atoms with E-state index >= 15 is 0 Å². The Bertz CT molecular complexity index is 446. The molecular weight excluding hydrogens is 188 g/mol. The molecule has 0 bridgehead atoms. The molecule has 2 N–H and O–H groups in total. The first-order valence-corrected chi connectivity index (χ1v) is 4.88. The maximum Gasteiger partial charge on any atom is 0.292 e. The van der Waals surface area contributed by atoms with Gasteiger partial charge in [-0.3, -0.25) is 0 Å². The Morgan fingerprint density at radius 2 is 1.87 bits per heavy atom. The van der Waals surface area contributed by atoms with Gasteiger partial charge < -0.3 is 10.2 Å². The summed E-state index contributed by atoms with van der Waals surface area (Å²) in [5, 5.41) is 0. The summed E-state index contributed by atoms with van der Waals surface area (Å²) in [6, 6.07) is 10.4. The Balaban J connectivity index is 2.43. The Labute approximate surface area is 88.9 Å². The van der Waals surface area contributed by atoms with Gasteiger partial charge in [-0.1, -0.05) is 30.3 Å². The van der Waals surface area contributed by atoms with Crippen LogP contribution in [-0.2, 0) is 5.41 Å². The van der Waals surface area contributed by atoms with Crippen LogP contribution in [0.3, 0.4) is 0 Å². The van der Waals surface area contributed by atoms with E-state index in [-0.39, 0.29) is 11.4 Å². The van der Waals surface area contributed by atoms with Crippen molar-refractivity contribution in [3.63, 3.8) is 0 Å². The zero-order valence-electron chi connectivity index (χ0n) is 8.90. The molecule has 78 valence electrons. The molecule has 2 rings (SSSR count). The van der Waals surface area contributed by atoms with Crippen LogP contribution in [0.1, 0.15) is 25.2 Å². The number of aromatic nitrogens is 1. The van der Waals surface area contributed by atoms with E-state index < -0.39 is 0 Å². The van der Waals surface area contributed by atoms with Crippen LogP contribution in [0, 0.1) is 0 Å². The Hall–Kier alpha value is -1.77. The quantitative estimate of drug-likeness (QED) is 0.814. The number of hydrogen-bond donors (Lipinski definition) is 1. The summed E-state index contributed by atoms with van der Waals surface area (Å²) >= 11 is 0. The first-order valence-electron chi connectivity index (χ1n) is 4.88. The Morgan fingerprint density at radius 3 is 2.40 bits per heavy atom. The lowest BCUT2D eigenvalue weighted by Crippen LogP contribution is -2.17. The van der Waals surface area contributed by atoms with Crippen molar-refractivity contribution in [2.24, 2.45) is 0 Å². The van der Waals surface area contributed by atoms with Crippen molar-refractivity contribution < 1.29 is 4.42 Å². The second-order valence-electron chi connectivity index (χ2n) is 4.05. The molecule has 0 aliphatic rings. The summed E-state index contributed by atoms with van der Waals surface area (Å²) in [5.74, 6) is 0.784. The van der Waals surface area contributed by atoms with Crippen molar-refractivity contribution in [2.45, 2.75) is 19.3 Å². The second kappa shape index (κ2) is 3.42. The first-order chi connectivity index (χ1) is 7.10. The zero-order valence-corrected chi connectivity index (χ0v) is 8.90. The number of anilines is 1. The molecular formula is C12H14N2O. The third kappa shape index (κ3) is 1.73. The van der Waals surface area contributed by atoms with Gasteiger partial charge in [0.2, 0.25) is 0 Å². The summed E-state index contributed by atoms with van der Waals surface area (Å²) in [6.07, 6.45) is 1.68. The summed E-state index contributed by atoms with van der Waals surface area (Å²) in [4.78, 5) is 3.92. The molecule has 0 aliphatic carbocycles. The van der Waals surface area contributed by atoms with Crippen LogP contribution < -0.4 is 5.73 Å². The molecule has 0 radical (unpaired) electrons. The van der Waals surface area contributed by atoms with Crippen molar-refractivity contribution in [1.82, 2.24) is 4.98 Å². The van der Waals surface area contributed by atoms with Crippen molar-refractivity contribution in [3.05, 3.63) is 47.9 Å². The van der Waals surface area contributed by atoms with E-state index in [2.05, 4.69) is 31.0 Å². The Morgan fingerprint density at radius 1 is 1.20 bits per heavy atom. The number of oxazole rings is 1. The lowest BCUT2D eigenvalue weighted by atomic mass is 9.83. The topological polar surface area (TPSA) is 52.0 Å². The number of nitrogen functional groups attached to an aromatic ring is 1. The maximum atomic E-state index is 5.48. The molecule has 2 aromatic rings. The molecule has 0 atom stereocenters. The minimum Gasteiger partial charge on any atom is -0.428 e. The van der Waals surface area contributed by atoms with E-state index in [0.717, 1.165) is 5.76 Å². The average molecular weight is 202 g/mol. The van der Waals surface area contributed by atoms with Gasteiger partial charge in [-0.25, -0.2) is 4.98 Å². The number of nitrogens with zero attached hydrogens (tertiary/aromatic N) is 1. The Kier molecular flexibility index (Phi) is 2.23. The van der Waals surface area contributed by atoms with Crippen LogP contribution in [-0.4, -0.2) is 4.98 Å². The van der Waals surface area contributed by atoms with Gasteiger partial charge in [0.25, 0.3) is 6.01 Å². The summed E-state index contributed by atoms with van der Waals surface area (Å²) in [6.45, 7) is 4.17. The van der Waals surface area contributed by atoms with E-state index in [1.54, 1.807) is 6.20 Å². The van der Waals surface area contributed by atoms with Crippen LogP contribution in [0.15, 0.2) is 40.9 Å². The highest BCUT2D eigenvalue weighted by Gasteiger charge is 2.26. The predicted molar refractivity (Wildman–Crippen MR) is 59.5 cm³/mol. The average Bonchev–Trinajstić information content (AvgIpc) is 2.67. The van der Waals surface area contributed by atoms with E-state index in [1.807, 2.05) is 18.2 Å². The van der Waals surface area contributed by atoms with Crippen LogP contribution >= 0.6 is 0 Å². The van der Waals surface area contributed by atoms with Crippen LogP contribution in [0.2, 0.25) is 0 Å². The van der Waals surface area contributed by atoms with Crippen LogP contribution in [0.4, 0.5) is 6.01 Å². The smallest absolute Gasteiger partial charge is 0.292 e. The fourth-order valence-electron chi connectivity index (χ4n) is 1.57. The van der Waals surface area contributed by atoms with Crippen molar-refractivity contribution in [1.29, 1.82) is 0 Å². The predicted octanol–water partition coefficient (Wildman–Crippen LogP) is 2.58. The van der Waals surface area contributed by atoms with E-state index in [0.29, 0.717) is 0 Å². The molecule has 3 heteroatoms. The molecule has 0 amide bonds. The van der Waals surface area contributed by atoms with Gasteiger partial charge in [0.1, 0.15) is 5.76 Å². The van der Waals surface area contributed by atoms with E-state index in [4.69, 9.17) is 10.2 Å².